The van der Waals surface area contributed by atoms with Crippen LogP contribution in [0.1, 0.15) is 28.4 Å². The van der Waals surface area contributed by atoms with Gasteiger partial charge in [-0.1, -0.05) is 116 Å². The Morgan fingerprint density at radius 1 is 0.534 bits per heavy atom. The highest BCUT2D eigenvalue weighted by Gasteiger charge is 2.19. The maximum Gasteiger partial charge on any atom is 0.186 e. The van der Waals surface area contributed by atoms with Crippen molar-refractivity contribution in [3.8, 4) is 11.4 Å². The number of hydrogen-bond acceptors (Lipinski definition) is 2. The topological polar surface area (TPSA) is 30.2 Å². The number of allylic oxidation sites excluding steroid dienone is 8. The molecule has 0 bridgehead atoms. The van der Waals surface area contributed by atoms with Crippen molar-refractivity contribution < 1.29 is 4.79 Å². The molecule has 0 amide bonds. The standard InChI is InChI=1S/C54H39N3O/c1-3-16-38(39-28-31-53-48(33-39)46-24-9-12-27-52(46)56(53)41-18-5-4-6-19-41)35-54(58)40-29-30-49-47(34-40)37(2)17-13-14-32-55(49)42-20-15-21-43(36-42)57-50-25-10-7-22-44(50)45-23-8-11-26-51(45)57/h3-36H,2H2,1H3/b16-3-,17-13-,32-14-,38-35+. The molecule has 0 unspecified atom stereocenters. The summed E-state index contributed by atoms with van der Waals surface area (Å²) in [4.78, 5) is 16.4. The quantitative estimate of drug-likeness (QED) is 0.0924. The third-order valence-electron chi connectivity index (χ3n) is 11.1. The summed E-state index contributed by atoms with van der Waals surface area (Å²) in [5.74, 6) is -0.0722. The molecule has 0 spiro atoms. The van der Waals surface area contributed by atoms with Crippen molar-refractivity contribution in [3.63, 3.8) is 0 Å². The zero-order valence-electron chi connectivity index (χ0n) is 32.1. The van der Waals surface area contributed by atoms with Crippen LogP contribution in [-0.4, -0.2) is 14.9 Å². The zero-order valence-corrected chi connectivity index (χ0v) is 32.1. The summed E-state index contributed by atoms with van der Waals surface area (Å²) in [6, 6.07) is 57.1. The Balaban J connectivity index is 1.03. The van der Waals surface area contributed by atoms with Gasteiger partial charge in [-0.25, -0.2) is 0 Å². The van der Waals surface area contributed by atoms with Gasteiger partial charge in [-0.3, -0.25) is 4.79 Å². The smallest absolute Gasteiger partial charge is 0.186 e. The Hall–Kier alpha value is -7.69. The van der Waals surface area contributed by atoms with Gasteiger partial charge in [0.2, 0.25) is 0 Å². The maximum absolute atomic E-state index is 14.3. The fourth-order valence-electron chi connectivity index (χ4n) is 8.48. The largest absolute Gasteiger partial charge is 0.316 e. The second-order valence-electron chi connectivity index (χ2n) is 14.6. The first-order chi connectivity index (χ1) is 28.6. The fraction of sp³-hybridized carbons (Fsp3) is 0.0185. The van der Waals surface area contributed by atoms with Gasteiger partial charge in [-0.2, -0.15) is 0 Å². The normalized spacial score (nSPS) is 14.3. The van der Waals surface area contributed by atoms with Crippen LogP contribution >= 0.6 is 0 Å². The number of ketones is 1. The molecule has 1 aliphatic heterocycles. The van der Waals surface area contributed by atoms with Crippen molar-refractivity contribution in [2.45, 2.75) is 6.92 Å². The minimum Gasteiger partial charge on any atom is -0.316 e. The number of carbonyl (C=O) groups excluding carboxylic acids is 1. The van der Waals surface area contributed by atoms with Crippen molar-refractivity contribution in [1.29, 1.82) is 0 Å². The third-order valence-corrected chi connectivity index (χ3v) is 11.1. The first-order valence-corrected chi connectivity index (χ1v) is 19.6. The Labute approximate surface area is 337 Å². The van der Waals surface area contributed by atoms with E-state index in [4.69, 9.17) is 0 Å². The van der Waals surface area contributed by atoms with E-state index in [1.54, 1.807) is 6.08 Å². The summed E-state index contributed by atoms with van der Waals surface area (Å²) >= 11 is 0. The Morgan fingerprint density at radius 2 is 1.12 bits per heavy atom. The predicted octanol–water partition coefficient (Wildman–Crippen LogP) is 14.0. The van der Waals surface area contributed by atoms with Crippen LogP contribution in [0.15, 0.2) is 213 Å². The van der Waals surface area contributed by atoms with E-state index >= 15 is 0 Å². The van der Waals surface area contributed by atoms with Crippen LogP contribution in [0.3, 0.4) is 0 Å². The van der Waals surface area contributed by atoms with E-state index < -0.39 is 0 Å². The number of nitrogens with zero attached hydrogens (tertiary/aromatic N) is 3. The predicted molar refractivity (Wildman–Crippen MR) is 245 cm³/mol. The van der Waals surface area contributed by atoms with Gasteiger partial charge in [0, 0.05) is 55.9 Å². The number of para-hydroxylation sites is 4. The highest BCUT2D eigenvalue weighted by Crippen LogP contribution is 2.39. The lowest BCUT2D eigenvalue weighted by Crippen LogP contribution is -2.12. The average Bonchev–Trinajstić information content (AvgIpc) is 3.78. The fourth-order valence-corrected chi connectivity index (χ4v) is 8.48. The van der Waals surface area contributed by atoms with E-state index in [1.165, 1.54) is 16.2 Å². The number of rotatable bonds is 7. The van der Waals surface area contributed by atoms with Gasteiger partial charge in [-0.05, 0) is 115 Å². The molecule has 10 rings (SSSR count). The van der Waals surface area contributed by atoms with E-state index in [2.05, 4.69) is 166 Å². The Bertz CT molecular complexity index is 3170. The van der Waals surface area contributed by atoms with Crippen LogP contribution in [0, 0.1) is 0 Å². The van der Waals surface area contributed by atoms with Crippen LogP contribution in [-0.2, 0) is 0 Å². The number of fused-ring (bicyclic) bond motifs is 7. The summed E-state index contributed by atoms with van der Waals surface area (Å²) in [6.45, 7) is 6.42. The Morgan fingerprint density at radius 3 is 1.83 bits per heavy atom. The summed E-state index contributed by atoms with van der Waals surface area (Å²) in [5.41, 5.74) is 12.9. The van der Waals surface area contributed by atoms with Gasteiger partial charge < -0.3 is 14.0 Å². The molecule has 0 saturated heterocycles. The van der Waals surface area contributed by atoms with E-state index in [0.717, 1.165) is 72.5 Å². The monoisotopic (exact) mass is 745 g/mol. The molecule has 7 aromatic carbocycles. The third kappa shape index (κ3) is 5.91. The van der Waals surface area contributed by atoms with Crippen molar-refractivity contribution in [1.82, 2.24) is 9.13 Å². The van der Waals surface area contributed by atoms with E-state index in [-0.39, 0.29) is 5.78 Å². The van der Waals surface area contributed by atoms with Crippen LogP contribution in [0.2, 0.25) is 0 Å². The molecular formula is C54H39N3O. The van der Waals surface area contributed by atoms with Crippen LogP contribution in [0.25, 0.3) is 66.1 Å². The first-order valence-electron chi connectivity index (χ1n) is 19.6. The lowest BCUT2D eigenvalue weighted by atomic mass is 9.96. The average molecular weight is 746 g/mol. The van der Waals surface area contributed by atoms with Gasteiger partial charge in [0.15, 0.2) is 5.78 Å². The minimum atomic E-state index is -0.0722. The maximum atomic E-state index is 14.3. The molecule has 0 N–H and O–H groups in total. The summed E-state index contributed by atoms with van der Waals surface area (Å²) < 4.78 is 4.63. The molecule has 276 valence electrons. The highest BCUT2D eigenvalue weighted by molar-refractivity contribution is 6.13. The molecule has 3 heterocycles. The number of benzene rings is 7. The van der Waals surface area contributed by atoms with Crippen molar-refractivity contribution in [2.24, 2.45) is 0 Å². The summed E-state index contributed by atoms with van der Waals surface area (Å²) in [5, 5.41) is 4.75. The van der Waals surface area contributed by atoms with Gasteiger partial charge >= 0.3 is 0 Å². The van der Waals surface area contributed by atoms with Gasteiger partial charge in [0.1, 0.15) is 0 Å². The van der Waals surface area contributed by atoms with Crippen LogP contribution < -0.4 is 4.90 Å². The molecule has 0 fully saturated rings. The molecule has 2 aromatic heterocycles. The minimum absolute atomic E-state index is 0.0722. The molecule has 1 aliphatic rings. The second kappa shape index (κ2) is 14.4. The lowest BCUT2D eigenvalue weighted by Gasteiger charge is -2.26. The molecule has 4 nitrogen and oxygen atoms in total. The Kier molecular flexibility index (Phi) is 8.65. The van der Waals surface area contributed by atoms with E-state index in [1.807, 2.05) is 61.6 Å². The number of aromatic nitrogens is 2. The molecule has 9 aromatic rings. The number of anilines is 2. The number of hydrogen-bond donors (Lipinski definition) is 0. The molecule has 0 saturated carbocycles. The van der Waals surface area contributed by atoms with Gasteiger partial charge in [0.25, 0.3) is 0 Å². The molecule has 4 heteroatoms. The summed E-state index contributed by atoms with van der Waals surface area (Å²) in [7, 11) is 0. The molecule has 0 atom stereocenters. The van der Waals surface area contributed by atoms with Crippen LogP contribution in [0.5, 0.6) is 0 Å². The second-order valence-corrected chi connectivity index (χ2v) is 14.6. The van der Waals surface area contributed by atoms with Gasteiger partial charge in [-0.15, -0.1) is 0 Å². The van der Waals surface area contributed by atoms with Crippen molar-refractivity contribution in [2.75, 3.05) is 4.90 Å². The SMILES string of the molecule is C=C1/C=C\C=C/N(c2cccc(-n3c4ccccc4c4ccccc43)c2)c2ccc(C(=O)/C=C(\C=C/C)c3ccc4c(c3)c3ccccc3n4-c3ccccc3)cc21. The van der Waals surface area contributed by atoms with E-state index in [0.29, 0.717) is 5.56 Å². The van der Waals surface area contributed by atoms with Gasteiger partial charge in [0.05, 0.1) is 27.8 Å². The van der Waals surface area contributed by atoms with Crippen LogP contribution in [0.4, 0.5) is 11.4 Å². The first kappa shape index (κ1) is 34.8. The molecule has 0 radical (unpaired) electrons. The molecule has 0 aliphatic carbocycles. The van der Waals surface area contributed by atoms with Crippen molar-refractivity contribution >= 4 is 71.9 Å². The highest BCUT2D eigenvalue weighted by atomic mass is 16.1. The molecular weight excluding hydrogens is 707 g/mol. The van der Waals surface area contributed by atoms with Crippen molar-refractivity contribution in [3.05, 3.63) is 230 Å². The molecule has 58 heavy (non-hydrogen) atoms. The zero-order chi connectivity index (χ0) is 39.2. The summed E-state index contributed by atoms with van der Waals surface area (Å²) in [6.07, 6.45) is 13.9. The lowest BCUT2D eigenvalue weighted by molar-refractivity contribution is 0.104. The van der Waals surface area contributed by atoms with E-state index in [9.17, 15) is 4.79 Å². The number of carbonyl (C=O) groups is 1.